The molecule has 2 aromatic heterocycles. The van der Waals surface area contributed by atoms with Crippen molar-refractivity contribution >= 4 is 21.8 Å². The van der Waals surface area contributed by atoms with Crippen LogP contribution in [0.5, 0.6) is 0 Å². The highest BCUT2D eigenvalue weighted by Crippen LogP contribution is 2.33. The molecule has 0 radical (unpaired) electrons. The van der Waals surface area contributed by atoms with Gasteiger partial charge in [-0.05, 0) is 47.9 Å². The van der Waals surface area contributed by atoms with Gasteiger partial charge in [0.15, 0.2) is 6.20 Å². The SMILES string of the molecule is Cc1ccc(-c2ccc3c4ccccc4n(C)c3c2)cc1-c1cccc[n+]1C. The highest BCUT2D eigenvalue weighted by molar-refractivity contribution is 6.09. The minimum Gasteiger partial charge on any atom is -0.344 e. The summed E-state index contributed by atoms with van der Waals surface area (Å²) in [5, 5.41) is 2.62. The monoisotopic (exact) mass is 363 g/mol. The zero-order chi connectivity index (χ0) is 19.3. The lowest BCUT2D eigenvalue weighted by Crippen LogP contribution is -2.30. The Hall–Kier alpha value is -3.39. The molecule has 0 N–H and O–H groups in total. The number of hydrogen-bond donors (Lipinski definition) is 0. The second-order valence-corrected chi connectivity index (χ2v) is 7.53. The van der Waals surface area contributed by atoms with Crippen LogP contribution in [0, 0.1) is 6.92 Å². The van der Waals surface area contributed by atoms with Crippen LogP contribution in [0.25, 0.3) is 44.2 Å². The fourth-order valence-electron chi connectivity index (χ4n) is 4.22. The number of aryl methyl sites for hydroxylation is 3. The Labute approximate surface area is 165 Å². The van der Waals surface area contributed by atoms with E-state index in [4.69, 9.17) is 0 Å². The van der Waals surface area contributed by atoms with Crippen molar-refractivity contribution in [2.45, 2.75) is 6.92 Å². The smallest absolute Gasteiger partial charge is 0.212 e. The standard InChI is InChI=1S/C26H23N2/c1-18-11-12-19(16-23(18)24-9-6-7-15-27(24)2)20-13-14-22-21-8-4-5-10-25(21)28(3)26(22)17-20/h4-17H,1-3H3/q+1. The van der Waals surface area contributed by atoms with Crippen molar-refractivity contribution in [1.29, 1.82) is 0 Å². The summed E-state index contributed by atoms with van der Waals surface area (Å²) in [6, 6.07) is 28.5. The second-order valence-electron chi connectivity index (χ2n) is 7.53. The van der Waals surface area contributed by atoms with Crippen LogP contribution >= 0.6 is 0 Å². The average Bonchev–Trinajstić information content (AvgIpc) is 3.01. The highest BCUT2D eigenvalue weighted by atomic mass is 14.9. The van der Waals surface area contributed by atoms with Gasteiger partial charge >= 0.3 is 0 Å². The fourth-order valence-corrected chi connectivity index (χ4v) is 4.22. The third kappa shape index (κ3) is 2.53. The lowest BCUT2D eigenvalue weighted by atomic mass is 9.97. The molecule has 28 heavy (non-hydrogen) atoms. The van der Waals surface area contributed by atoms with Crippen LogP contribution in [0.2, 0.25) is 0 Å². The zero-order valence-corrected chi connectivity index (χ0v) is 16.5. The average molecular weight is 363 g/mol. The van der Waals surface area contributed by atoms with E-state index in [1.54, 1.807) is 0 Å². The Balaban J connectivity index is 1.70. The highest BCUT2D eigenvalue weighted by Gasteiger charge is 2.14. The summed E-state index contributed by atoms with van der Waals surface area (Å²) in [7, 11) is 4.25. The maximum absolute atomic E-state index is 2.31. The fraction of sp³-hybridized carbons (Fsp3) is 0.115. The van der Waals surface area contributed by atoms with E-state index in [0.29, 0.717) is 0 Å². The van der Waals surface area contributed by atoms with Crippen LogP contribution in [-0.4, -0.2) is 4.57 Å². The van der Waals surface area contributed by atoms with Gasteiger partial charge in [0, 0.05) is 46.5 Å². The van der Waals surface area contributed by atoms with Gasteiger partial charge in [-0.25, -0.2) is 4.57 Å². The van der Waals surface area contributed by atoms with E-state index in [2.05, 4.69) is 115 Å². The Kier molecular flexibility index (Phi) is 3.80. The van der Waals surface area contributed by atoms with Gasteiger partial charge in [-0.1, -0.05) is 42.5 Å². The minimum atomic E-state index is 1.23. The molecule has 3 aromatic carbocycles. The van der Waals surface area contributed by atoms with E-state index in [0.717, 1.165) is 0 Å². The maximum Gasteiger partial charge on any atom is 0.212 e. The molecule has 0 aliphatic heterocycles. The number of rotatable bonds is 2. The molecule has 0 aliphatic rings. The molecule has 136 valence electrons. The van der Waals surface area contributed by atoms with Gasteiger partial charge in [0.05, 0.1) is 0 Å². The predicted octanol–water partition coefficient (Wildman–Crippen LogP) is 5.80. The van der Waals surface area contributed by atoms with Crippen LogP contribution in [0.15, 0.2) is 85.1 Å². The number of pyridine rings is 1. The van der Waals surface area contributed by atoms with Crippen molar-refractivity contribution in [3.63, 3.8) is 0 Å². The largest absolute Gasteiger partial charge is 0.344 e. The lowest BCUT2D eigenvalue weighted by Gasteiger charge is -2.09. The first kappa shape index (κ1) is 16.8. The molecular formula is C26H23N2+. The second kappa shape index (κ2) is 6.35. The van der Waals surface area contributed by atoms with Gasteiger partial charge in [-0.3, -0.25) is 0 Å². The van der Waals surface area contributed by atoms with Gasteiger partial charge in [-0.15, -0.1) is 0 Å². The zero-order valence-electron chi connectivity index (χ0n) is 16.5. The molecule has 0 spiro atoms. The number of benzene rings is 3. The molecule has 5 aromatic rings. The number of para-hydroxylation sites is 1. The third-order valence-corrected chi connectivity index (χ3v) is 5.82. The molecule has 2 heteroatoms. The molecule has 0 bridgehead atoms. The Morgan fingerprint density at radius 3 is 2.29 bits per heavy atom. The predicted molar refractivity (Wildman–Crippen MR) is 117 cm³/mol. The van der Waals surface area contributed by atoms with Crippen molar-refractivity contribution in [2.75, 3.05) is 0 Å². The van der Waals surface area contributed by atoms with E-state index in [1.807, 2.05) is 0 Å². The van der Waals surface area contributed by atoms with Crippen LogP contribution < -0.4 is 4.57 Å². The van der Waals surface area contributed by atoms with Crippen molar-refractivity contribution in [3.8, 4) is 22.4 Å². The summed E-state index contributed by atoms with van der Waals surface area (Å²) in [6.07, 6.45) is 2.10. The van der Waals surface area contributed by atoms with Crippen molar-refractivity contribution in [2.24, 2.45) is 14.1 Å². The first-order valence-electron chi connectivity index (χ1n) is 9.67. The molecule has 0 saturated carbocycles. The van der Waals surface area contributed by atoms with Gasteiger partial charge < -0.3 is 4.57 Å². The van der Waals surface area contributed by atoms with E-state index >= 15 is 0 Å². The van der Waals surface area contributed by atoms with Crippen LogP contribution in [0.1, 0.15) is 5.56 Å². The summed E-state index contributed by atoms with van der Waals surface area (Å²) in [5.74, 6) is 0. The van der Waals surface area contributed by atoms with Crippen LogP contribution in [0.4, 0.5) is 0 Å². The first-order valence-corrected chi connectivity index (χ1v) is 9.67. The summed E-state index contributed by atoms with van der Waals surface area (Å²) in [6.45, 7) is 2.18. The van der Waals surface area contributed by atoms with Gasteiger partial charge in [0.25, 0.3) is 0 Å². The Bertz CT molecular complexity index is 1340. The van der Waals surface area contributed by atoms with E-state index in [1.165, 1.54) is 49.8 Å². The lowest BCUT2D eigenvalue weighted by molar-refractivity contribution is -0.660. The van der Waals surface area contributed by atoms with Gasteiger partial charge in [-0.2, -0.15) is 0 Å². The summed E-state index contributed by atoms with van der Waals surface area (Å²) in [5.41, 5.74) is 8.83. The molecule has 0 saturated heterocycles. The molecule has 2 nitrogen and oxygen atoms in total. The normalized spacial score (nSPS) is 11.4. The number of fused-ring (bicyclic) bond motifs is 3. The van der Waals surface area contributed by atoms with Crippen molar-refractivity contribution in [1.82, 2.24) is 4.57 Å². The van der Waals surface area contributed by atoms with E-state index in [-0.39, 0.29) is 0 Å². The van der Waals surface area contributed by atoms with Gasteiger partial charge in [0.2, 0.25) is 5.69 Å². The molecule has 0 aliphatic carbocycles. The maximum atomic E-state index is 2.31. The Morgan fingerprint density at radius 2 is 1.43 bits per heavy atom. The quantitative estimate of drug-likeness (QED) is 0.351. The number of hydrogen-bond acceptors (Lipinski definition) is 0. The minimum absolute atomic E-state index is 1.23. The molecule has 5 rings (SSSR count). The number of aromatic nitrogens is 2. The molecule has 0 fully saturated rings. The topological polar surface area (TPSA) is 8.81 Å². The van der Waals surface area contributed by atoms with Crippen LogP contribution in [-0.2, 0) is 14.1 Å². The molecular weight excluding hydrogens is 340 g/mol. The van der Waals surface area contributed by atoms with E-state index < -0.39 is 0 Å². The summed E-state index contributed by atoms with van der Waals surface area (Å²) in [4.78, 5) is 0. The number of nitrogens with zero attached hydrogens (tertiary/aromatic N) is 2. The third-order valence-electron chi connectivity index (χ3n) is 5.82. The summed E-state index contributed by atoms with van der Waals surface area (Å²) >= 11 is 0. The molecule has 0 unspecified atom stereocenters. The van der Waals surface area contributed by atoms with Crippen molar-refractivity contribution in [3.05, 3.63) is 90.6 Å². The Morgan fingerprint density at radius 1 is 0.714 bits per heavy atom. The van der Waals surface area contributed by atoms with Gasteiger partial charge in [0.1, 0.15) is 7.05 Å². The van der Waals surface area contributed by atoms with E-state index in [9.17, 15) is 0 Å². The molecule has 0 atom stereocenters. The van der Waals surface area contributed by atoms with Crippen LogP contribution in [0.3, 0.4) is 0 Å². The molecule has 0 amide bonds. The summed E-state index contributed by atoms with van der Waals surface area (Å²) < 4.78 is 4.47. The molecule has 2 heterocycles. The first-order chi connectivity index (χ1) is 13.6. The van der Waals surface area contributed by atoms with Crippen molar-refractivity contribution < 1.29 is 4.57 Å².